The minimum Gasteiger partial charge on any atom is -0.449 e. The summed E-state index contributed by atoms with van der Waals surface area (Å²) in [5.41, 5.74) is 6.52. The van der Waals surface area contributed by atoms with Crippen molar-refractivity contribution >= 4 is 11.6 Å². The summed E-state index contributed by atoms with van der Waals surface area (Å²) in [6.07, 6.45) is 0.656. The molecule has 110 valence electrons. The van der Waals surface area contributed by atoms with Crippen LogP contribution in [-0.2, 0) is 4.79 Å². The van der Waals surface area contributed by atoms with Gasteiger partial charge in [0.15, 0.2) is 11.5 Å². The van der Waals surface area contributed by atoms with Gasteiger partial charge in [0.05, 0.1) is 6.04 Å². The number of nitrogens with one attached hydrogen (secondary N) is 1. The zero-order valence-electron chi connectivity index (χ0n) is 12.4. The molecule has 0 radical (unpaired) electrons. The summed E-state index contributed by atoms with van der Waals surface area (Å²) in [5, 5.41) is 2.80. The van der Waals surface area contributed by atoms with Gasteiger partial charge in [-0.3, -0.25) is 4.79 Å². The van der Waals surface area contributed by atoms with Crippen molar-refractivity contribution in [1.82, 2.24) is 0 Å². The predicted octanol–water partition coefficient (Wildman–Crippen LogP) is 2.51. The molecule has 5 heteroatoms. The molecule has 3 N–H and O–H groups in total. The number of hydrogen-bond acceptors (Lipinski definition) is 4. The van der Waals surface area contributed by atoms with Crippen LogP contribution in [0.15, 0.2) is 18.2 Å². The first-order valence-corrected chi connectivity index (χ1v) is 6.85. The fourth-order valence-corrected chi connectivity index (χ4v) is 2.15. The van der Waals surface area contributed by atoms with Crippen LogP contribution in [0, 0.1) is 5.92 Å². The number of fused-ring (bicyclic) bond motifs is 1. The first-order chi connectivity index (χ1) is 9.27. The molecule has 0 fully saturated rings. The van der Waals surface area contributed by atoms with E-state index in [0.29, 0.717) is 29.5 Å². The average molecular weight is 278 g/mol. The molecule has 0 aliphatic carbocycles. The van der Waals surface area contributed by atoms with E-state index in [0.717, 1.165) is 0 Å². The van der Waals surface area contributed by atoms with Crippen molar-refractivity contribution in [3.63, 3.8) is 0 Å². The first kappa shape index (κ1) is 14.7. The molecule has 0 bridgehead atoms. The van der Waals surface area contributed by atoms with Gasteiger partial charge >= 0.3 is 0 Å². The van der Waals surface area contributed by atoms with Crippen LogP contribution in [0.25, 0.3) is 0 Å². The molecule has 0 aromatic heterocycles. The Labute approximate surface area is 119 Å². The van der Waals surface area contributed by atoms with Crippen LogP contribution in [-0.4, -0.2) is 17.7 Å². The van der Waals surface area contributed by atoms with Crippen LogP contribution in [0.2, 0.25) is 0 Å². The van der Waals surface area contributed by atoms with Gasteiger partial charge in [-0.15, -0.1) is 0 Å². The molecule has 1 unspecified atom stereocenters. The van der Waals surface area contributed by atoms with Crippen molar-refractivity contribution < 1.29 is 14.3 Å². The van der Waals surface area contributed by atoms with Crippen molar-refractivity contribution in [2.75, 3.05) is 5.32 Å². The maximum absolute atomic E-state index is 12.0. The molecule has 1 aromatic rings. The monoisotopic (exact) mass is 278 g/mol. The molecule has 1 heterocycles. The molecule has 1 atom stereocenters. The third-order valence-electron chi connectivity index (χ3n) is 2.98. The van der Waals surface area contributed by atoms with Gasteiger partial charge in [-0.2, -0.15) is 0 Å². The molecule has 0 spiro atoms. The smallest absolute Gasteiger partial charge is 0.246 e. The van der Waals surface area contributed by atoms with E-state index in [1.165, 1.54) is 0 Å². The Kier molecular flexibility index (Phi) is 3.90. The molecule has 0 saturated carbocycles. The number of carbonyl (C=O) groups is 1. The summed E-state index contributed by atoms with van der Waals surface area (Å²) in [5.74, 6) is 0.841. The number of anilines is 1. The van der Waals surface area contributed by atoms with Gasteiger partial charge in [-0.05, 0) is 24.5 Å². The highest BCUT2D eigenvalue weighted by Crippen LogP contribution is 2.40. The fraction of sp³-hybridized carbons (Fsp3) is 0.533. The minimum atomic E-state index is -0.668. The van der Waals surface area contributed by atoms with Crippen molar-refractivity contribution in [1.29, 1.82) is 0 Å². The molecule has 0 saturated heterocycles. The van der Waals surface area contributed by atoms with E-state index < -0.39 is 11.8 Å². The van der Waals surface area contributed by atoms with E-state index in [1.807, 2.05) is 27.7 Å². The quantitative estimate of drug-likeness (QED) is 0.887. The van der Waals surface area contributed by atoms with E-state index >= 15 is 0 Å². The maximum atomic E-state index is 12.0. The predicted molar refractivity (Wildman–Crippen MR) is 77.8 cm³/mol. The van der Waals surface area contributed by atoms with Crippen LogP contribution in [0.1, 0.15) is 34.1 Å². The number of rotatable bonds is 4. The Bertz CT molecular complexity index is 512. The van der Waals surface area contributed by atoms with E-state index in [-0.39, 0.29) is 5.91 Å². The van der Waals surface area contributed by atoms with Crippen molar-refractivity contribution in [3.8, 4) is 11.5 Å². The van der Waals surface area contributed by atoms with Gasteiger partial charge in [-0.25, -0.2) is 0 Å². The Morgan fingerprint density at radius 3 is 2.60 bits per heavy atom. The number of ether oxygens (including phenoxy) is 2. The molecule has 20 heavy (non-hydrogen) atoms. The Morgan fingerprint density at radius 2 is 1.95 bits per heavy atom. The van der Waals surface area contributed by atoms with Gasteiger partial charge in [-0.1, -0.05) is 13.8 Å². The lowest BCUT2D eigenvalue weighted by Gasteiger charge is -2.16. The zero-order valence-corrected chi connectivity index (χ0v) is 12.4. The van der Waals surface area contributed by atoms with Gasteiger partial charge in [0.1, 0.15) is 0 Å². The highest BCUT2D eigenvalue weighted by Gasteiger charge is 2.31. The molecule has 2 rings (SSSR count). The third-order valence-corrected chi connectivity index (χ3v) is 2.98. The lowest BCUT2D eigenvalue weighted by molar-refractivity contribution is -0.117. The third kappa shape index (κ3) is 3.42. The van der Waals surface area contributed by atoms with Gasteiger partial charge in [0.25, 0.3) is 0 Å². The molecule has 1 aromatic carbocycles. The molecule has 1 aliphatic heterocycles. The van der Waals surface area contributed by atoms with Crippen LogP contribution < -0.4 is 20.5 Å². The molecular weight excluding hydrogens is 256 g/mol. The van der Waals surface area contributed by atoms with Crippen molar-refractivity contribution in [2.24, 2.45) is 11.7 Å². The topological polar surface area (TPSA) is 73.6 Å². The number of amides is 1. The van der Waals surface area contributed by atoms with Crippen LogP contribution >= 0.6 is 0 Å². The Morgan fingerprint density at radius 1 is 1.30 bits per heavy atom. The summed E-state index contributed by atoms with van der Waals surface area (Å²) >= 11 is 0. The van der Waals surface area contributed by atoms with Gasteiger partial charge < -0.3 is 20.5 Å². The average Bonchev–Trinajstić information content (AvgIpc) is 2.61. The van der Waals surface area contributed by atoms with Crippen LogP contribution in [0.3, 0.4) is 0 Å². The van der Waals surface area contributed by atoms with Gasteiger partial charge in [0, 0.05) is 25.6 Å². The lowest BCUT2D eigenvalue weighted by Crippen LogP contribution is -2.36. The van der Waals surface area contributed by atoms with E-state index in [1.54, 1.807) is 18.2 Å². The highest BCUT2D eigenvalue weighted by atomic mass is 16.7. The largest absolute Gasteiger partial charge is 0.449 e. The standard InChI is InChI=1S/C15H22N2O3/c1-9(2)7-11(16)14(18)17-10-5-6-12-13(8-10)20-15(3,4)19-12/h5-6,8-9,11H,7,16H2,1-4H3,(H,17,18). The Hall–Kier alpha value is -1.75. The molecule has 5 nitrogen and oxygen atoms in total. The normalized spacial score (nSPS) is 17.1. The van der Waals surface area contributed by atoms with Gasteiger partial charge in [0.2, 0.25) is 11.7 Å². The van der Waals surface area contributed by atoms with Crippen LogP contribution in [0.4, 0.5) is 5.69 Å². The summed E-state index contributed by atoms with van der Waals surface area (Å²) < 4.78 is 11.2. The first-order valence-electron chi connectivity index (χ1n) is 6.85. The summed E-state index contributed by atoms with van der Waals surface area (Å²) in [4.78, 5) is 12.0. The summed E-state index contributed by atoms with van der Waals surface area (Å²) in [6, 6.07) is 4.82. The van der Waals surface area contributed by atoms with E-state index in [9.17, 15) is 4.79 Å². The van der Waals surface area contributed by atoms with Crippen LogP contribution in [0.5, 0.6) is 11.5 Å². The number of nitrogens with two attached hydrogens (primary N) is 1. The highest BCUT2D eigenvalue weighted by molar-refractivity contribution is 5.95. The lowest BCUT2D eigenvalue weighted by atomic mass is 10.0. The second-order valence-electron chi connectivity index (χ2n) is 5.99. The second kappa shape index (κ2) is 5.32. The summed E-state index contributed by atoms with van der Waals surface area (Å²) in [6.45, 7) is 7.75. The Balaban J connectivity index is 2.04. The van der Waals surface area contributed by atoms with Crippen molar-refractivity contribution in [2.45, 2.75) is 45.9 Å². The number of benzene rings is 1. The number of hydrogen-bond donors (Lipinski definition) is 2. The fourth-order valence-electron chi connectivity index (χ4n) is 2.15. The molecule has 1 aliphatic rings. The maximum Gasteiger partial charge on any atom is 0.246 e. The molecule has 1 amide bonds. The minimum absolute atomic E-state index is 0.183. The second-order valence-corrected chi connectivity index (χ2v) is 5.99. The van der Waals surface area contributed by atoms with E-state index in [4.69, 9.17) is 15.2 Å². The molecular formula is C15H22N2O3. The summed E-state index contributed by atoms with van der Waals surface area (Å²) in [7, 11) is 0. The SMILES string of the molecule is CC(C)CC(N)C(=O)Nc1ccc2c(c1)OC(C)(C)O2. The number of carbonyl (C=O) groups excluding carboxylic acids is 1. The van der Waals surface area contributed by atoms with E-state index in [2.05, 4.69) is 5.32 Å². The zero-order chi connectivity index (χ0) is 14.9. The van der Waals surface area contributed by atoms with Crippen molar-refractivity contribution in [3.05, 3.63) is 18.2 Å².